The Labute approximate surface area is 241 Å². The highest BCUT2D eigenvalue weighted by atomic mass is 31.2. The third-order valence-corrected chi connectivity index (χ3v) is 11.1. The van der Waals surface area contributed by atoms with Crippen molar-refractivity contribution in [2.45, 2.75) is 26.2 Å². The molecule has 2 aromatic rings. The molecule has 0 heterocycles. The monoisotopic (exact) mass is 632 g/mol. The van der Waals surface area contributed by atoms with Crippen LogP contribution in [0.2, 0.25) is 0 Å². The van der Waals surface area contributed by atoms with Crippen molar-refractivity contribution in [3.63, 3.8) is 0 Å². The lowest BCUT2D eigenvalue weighted by Crippen LogP contribution is -2.05. The Hall–Kier alpha value is -1.90. The van der Waals surface area contributed by atoms with Crippen LogP contribution >= 0.6 is 22.8 Å². The molecule has 14 heteroatoms. The second-order valence-electron chi connectivity index (χ2n) is 8.99. The lowest BCUT2D eigenvalue weighted by Gasteiger charge is -2.16. The van der Waals surface area contributed by atoms with E-state index < -0.39 is 28.8 Å². The Balaban J connectivity index is 2.50. The van der Waals surface area contributed by atoms with Crippen molar-refractivity contribution in [3.8, 4) is 0 Å². The number of esters is 1. The van der Waals surface area contributed by atoms with Crippen LogP contribution in [0, 0.1) is 0 Å². The first-order valence-electron chi connectivity index (χ1n) is 12.7. The summed E-state index contributed by atoms with van der Waals surface area (Å²) in [4.78, 5) is 22.3. The number of carbonyl (C=O) groups excluding carboxylic acids is 1. The van der Waals surface area contributed by atoms with E-state index in [0.29, 0.717) is 24.8 Å². The van der Waals surface area contributed by atoms with Crippen LogP contribution in [0.4, 0.5) is 0 Å². The maximum Gasteiger partial charge on any atom is 0.351 e. The van der Waals surface area contributed by atoms with Crippen molar-refractivity contribution >= 4 is 34.8 Å². The molecule has 1 unspecified atom stereocenters. The SMILES string of the molecule is CCOP(=O)(O)/C=C/c1cc(Cc2cc(CCP(=O)(OC)OC)cc(CCP(=O)(OC)OC)c2)cc(C(=O)OC)c1. The fraction of sp³-hybridized carbons (Fsp3) is 0.444. The molecular formula is C27H39O11P3. The zero-order valence-corrected chi connectivity index (χ0v) is 26.9. The standard InChI is InChI=1S/C27H39O11P3/c1-7-38-39(29,30)11-8-23-17-25(20-26(19-23)27(28)33-2)18-24-15-21(9-12-40(31,34-3)35-4)14-22(16-24)10-13-41(32,36-5)37-6/h8,11,14-17,19-20H,7,9-10,12-13,18H2,1-6H3,(H,29,30)/b11-8+. The maximum atomic E-state index is 12.6. The van der Waals surface area contributed by atoms with Gasteiger partial charge in [-0.15, -0.1) is 0 Å². The second-order valence-corrected chi connectivity index (χ2v) is 15.5. The summed E-state index contributed by atoms with van der Waals surface area (Å²) in [6.45, 7) is 1.68. The van der Waals surface area contributed by atoms with Gasteiger partial charge in [-0.1, -0.05) is 24.3 Å². The summed E-state index contributed by atoms with van der Waals surface area (Å²) in [6.07, 6.45) is 2.91. The molecule has 0 aliphatic heterocycles. The van der Waals surface area contributed by atoms with E-state index in [2.05, 4.69) is 0 Å². The molecule has 0 bridgehead atoms. The van der Waals surface area contributed by atoms with Crippen molar-refractivity contribution in [1.82, 2.24) is 0 Å². The van der Waals surface area contributed by atoms with Crippen LogP contribution in [0.25, 0.3) is 6.08 Å². The Kier molecular flexibility index (Phi) is 13.8. The Morgan fingerprint density at radius 2 is 1.24 bits per heavy atom. The number of carbonyl (C=O) groups is 1. The molecule has 228 valence electrons. The normalized spacial score (nSPS) is 13.8. The van der Waals surface area contributed by atoms with Crippen LogP contribution in [0.5, 0.6) is 0 Å². The predicted molar refractivity (Wildman–Crippen MR) is 158 cm³/mol. The Bertz CT molecular complexity index is 1290. The van der Waals surface area contributed by atoms with E-state index in [1.54, 1.807) is 25.1 Å². The molecule has 0 aliphatic carbocycles. The number of aryl methyl sites for hydroxylation is 2. The number of ether oxygens (including phenoxy) is 1. The summed E-state index contributed by atoms with van der Waals surface area (Å²) < 4.78 is 67.5. The molecule has 0 spiro atoms. The van der Waals surface area contributed by atoms with Gasteiger partial charge < -0.3 is 32.2 Å². The summed E-state index contributed by atoms with van der Waals surface area (Å²) in [7, 11) is -3.81. The minimum atomic E-state index is -3.94. The molecule has 0 aromatic heterocycles. The van der Waals surface area contributed by atoms with Crippen LogP contribution < -0.4 is 0 Å². The largest absolute Gasteiger partial charge is 0.465 e. The zero-order chi connectivity index (χ0) is 30.7. The van der Waals surface area contributed by atoms with E-state index in [1.807, 2.05) is 18.2 Å². The van der Waals surface area contributed by atoms with Crippen molar-refractivity contribution < 1.29 is 50.7 Å². The predicted octanol–water partition coefficient (Wildman–Crippen LogP) is 6.31. The number of rotatable bonds is 17. The number of hydrogen-bond donors (Lipinski definition) is 1. The van der Waals surface area contributed by atoms with Gasteiger partial charge in [-0.25, -0.2) is 4.79 Å². The zero-order valence-electron chi connectivity index (χ0n) is 24.2. The Morgan fingerprint density at radius 3 is 1.71 bits per heavy atom. The number of methoxy groups -OCH3 is 1. The van der Waals surface area contributed by atoms with E-state index in [9.17, 15) is 23.4 Å². The molecule has 0 aliphatic rings. The van der Waals surface area contributed by atoms with E-state index in [-0.39, 0.29) is 24.5 Å². The van der Waals surface area contributed by atoms with Crippen molar-refractivity contribution in [3.05, 3.63) is 75.6 Å². The first-order valence-corrected chi connectivity index (χ1v) is 17.8. The summed E-state index contributed by atoms with van der Waals surface area (Å²) >= 11 is 0. The fourth-order valence-electron chi connectivity index (χ4n) is 4.07. The fourth-order valence-corrected chi connectivity index (χ4v) is 6.98. The third kappa shape index (κ3) is 11.4. The van der Waals surface area contributed by atoms with Gasteiger partial charge in [-0.3, -0.25) is 13.7 Å². The van der Waals surface area contributed by atoms with Crippen LogP contribution in [0.15, 0.2) is 42.2 Å². The lowest BCUT2D eigenvalue weighted by molar-refractivity contribution is 0.0600. The molecule has 0 saturated carbocycles. The van der Waals surface area contributed by atoms with E-state index in [4.69, 9.17) is 27.4 Å². The lowest BCUT2D eigenvalue weighted by atomic mass is 9.96. The van der Waals surface area contributed by atoms with Gasteiger partial charge in [0, 0.05) is 34.3 Å². The molecule has 1 N–H and O–H groups in total. The van der Waals surface area contributed by atoms with Gasteiger partial charge >= 0.3 is 28.8 Å². The minimum absolute atomic E-state index is 0.0681. The van der Waals surface area contributed by atoms with Crippen molar-refractivity contribution in [2.75, 3.05) is 54.5 Å². The molecule has 2 rings (SSSR count). The van der Waals surface area contributed by atoms with Crippen LogP contribution in [0.3, 0.4) is 0 Å². The molecule has 41 heavy (non-hydrogen) atoms. The summed E-state index contributed by atoms with van der Waals surface area (Å²) in [5, 5.41) is 0. The second kappa shape index (κ2) is 16.1. The van der Waals surface area contributed by atoms with Crippen LogP contribution in [-0.2, 0) is 60.3 Å². The summed E-state index contributed by atoms with van der Waals surface area (Å²) in [6, 6.07) is 10.9. The highest BCUT2D eigenvalue weighted by Crippen LogP contribution is 2.48. The maximum absolute atomic E-state index is 12.6. The van der Waals surface area contributed by atoms with Gasteiger partial charge in [0.1, 0.15) is 0 Å². The average molecular weight is 633 g/mol. The average Bonchev–Trinajstić information content (AvgIpc) is 2.97. The number of benzene rings is 2. The summed E-state index contributed by atoms with van der Waals surface area (Å²) in [5.41, 5.74) is 4.10. The van der Waals surface area contributed by atoms with Gasteiger partial charge in [0.05, 0.1) is 31.6 Å². The first kappa shape index (κ1) is 35.3. The molecule has 1 atom stereocenters. The van der Waals surface area contributed by atoms with E-state index in [0.717, 1.165) is 28.1 Å². The molecule has 0 radical (unpaired) electrons. The molecule has 2 aromatic carbocycles. The minimum Gasteiger partial charge on any atom is -0.465 e. The van der Waals surface area contributed by atoms with Gasteiger partial charge in [0.25, 0.3) is 0 Å². The molecule has 11 nitrogen and oxygen atoms in total. The first-order chi connectivity index (χ1) is 19.3. The van der Waals surface area contributed by atoms with Gasteiger partial charge in [0.15, 0.2) is 0 Å². The van der Waals surface area contributed by atoms with Crippen LogP contribution in [-0.4, -0.2) is 65.3 Å². The Morgan fingerprint density at radius 1 is 0.756 bits per heavy atom. The quantitative estimate of drug-likeness (QED) is 0.155. The van der Waals surface area contributed by atoms with Gasteiger partial charge in [-0.2, -0.15) is 0 Å². The highest BCUT2D eigenvalue weighted by Gasteiger charge is 2.23. The van der Waals surface area contributed by atoms with E-state index >= 15 is 0 Å². The van der Waals surface area contributed by atoms with Gasteiger partial charge in [0.2, 0.25) is 0 Å². The summed E-state index contributed by atoms with van der Waals surface area (Å²) in [5.74, 6) is 0.515. The molecule has 0 saturated heterocycles. The highest BCUT2D eigenvalue weighted by molar-refractivity contribution is 7.56. The third-order valence-electron chi connectivity index (χ3n) is 6.19. The smallest absolute Gasteiger partial charge is 0.351 e. The molecular weight excluding hydrogens is 593 g/mol. The topological polar surface area (TPSA) is 144 Å². The molecule has 0 fully saturated rings. The molecule has 0 amide bonds. The number of hydrogen-bond acceptors (Lipinski definition) is 10. The van der Waals surface area contributed by atoms with Gasteiger partial charge in [-0.05, 0) is 72.2 Å². The van der Waals surface area contributed by atoms with Crippen LogP contribution in [0.1, 0.15) is 45.1 Å². The van der Waals surface area contributed by atoms with Crippen molar-refractivity contribution in [2.24, 2.45) is 0 Å². The van der Waals surface area contributed by atoms with E-state index in [1.165, 1.54) is 41.6 Å². The van der Waals surface area contributed by atoms with Crippen molar-refractivity contribution in [1.29, 1.82) is 0 Å².